The number of pyridine rings is 1. The van der Waals surface area contributed by atoms with E-state index in [1.54, 1.807) is 22.9 Å². The molecule has 0 aliphatic rings. The molecule has 8 heteroatoms. The van der Waals surface area contributed by atoms with Gasteiger partial charge in [0, 0.05) is 37.2 Å². The van der Waals surface area contributed by atoms with Gasteiger partial charge in [0.05, 0.1) is 18.5 Å². The van der Waals surface area contributed by atoms with Crippen LogP contribution >= 0.6 is 0 Å². The van der Waals surface area contributed by atoms with Gasteiger partial charge in [0.25, 0.3) is 0 Å². The molecule has 2 heterocycles. The third-order valence-electron chi connectivity index (χ3n) is 5.13. The highest BCUT2D eigenvalue weighted by molar-refractivity contribution is 5.95. The minimum Gasteiger partial charge on any atom is -0.495 e. The highest BCUT2D eigenvalue weighted by atomic mass is 16.5. The van der Waals surface area contributed by atoms with Gasteiger partial charge < -0.3 is 15.4 Å². The van der Waals surface area contributed by atoms with Crippen molar-refractivity contribution in [1.82, 2.24) is 14.8 Å². The highest BCUT2D eigenvalue weighted by Crippen LogP contribution is 2.29. The van der Waals surface area contributed by atoms with E-state index in [1.807, 2.05) is 20.9 Å². The van der Waals surface area contributed by atoms with Crippen LogP contribution in [0.3, 0.4) is 0 Å². The molecule has 3 aromatic rings. The fraction of sp³-hybridized carbons (Fsp3) is 0.364. The number of fused-ring (bicyclic) bond motifs is 1. The third kappa shape index (κ3) is 4.27. The topological polar surface area (TPSA) is 98.1 Å². The van der Waals surface area contributed by atoms with Crippen LogP contribution < -0.4 is 15.4 Å². The molecule has 1 aromatic carbocycles. The van der Waals surface area contributed by atoms with Crippen molar-refractivity contribution in [2.45, 2.75) is 40.5 Å². The normalized spacial score (nSPS) is 10.9. The van der Waals surface area contributed by atoms with E-state index in [9.17, 15) is 9.59 Å². The monoisotopic (exact) mass is 409 g/mol. The van der Waals surface area contributed by atoms with Gasteiger partial charge in [0.1, 0.15) is 5.75 Å². The summed E-state index contributed by atoms with van der Waals surface area (Å²) >= 11 is 0. The number of ether oxygens (including phenoxy) is 1. The SMILES string of the molecule is COc1ccc(NC(C)=O)cc1NC(=O)CCc1c(C)nc2c(c(C)nn2C)c1C. The minimum absolute atomic E-state index is 0.143. The zero-order valence-corrected chi connectivity index (χ0v) is 18.2. The van der Waals surface area contributed by atoms with Crippen LogP contribution in [0.25, 0.3) is 11.0 Å². The van der Waals surface area contributed by atoms with Crippen molar-refractivity contribution in [3.8, 4) is 5.75 Å². The summed E-state index contributed by atoms with van der Waals surface area (Å²) in [5, 5.41) is 11.1. The number of nitrogens with zero attached hydrogens (tertiary/aromatic N) is 3. The second-order valence-electron chi connectivity index (χ2n) is 7.35. The van der Waals surface area contributed by atoms with E-state index in [1.165, 1.54) is 14.0 Å². The molecule has 0 fully saturated rings. The molecule has 0 saturated carbocycles. The van der Waals surface area contributed by atoms with Crippen LogP contribution in [-0.2, 0) is 23.1 Å². The molecule has 0 atom stereocenters. The predicted molar refractivity (Wildman–Crippen MR) is 117 cm³/mol. The van der Waals surface area contributed by atoms with Crippen molar-refractivity contribution < 1.29 is 14.3 Å². The lowest BCUT2D eigenvalue weighted by Crippen LogP contribution is -2.15. The molecule has 0 radical (unpaired) electrons. The van der Waals surface area contributed by atoms with Gasteiger partial charge in [0.2, 0.25) is 11.8 Å². The number of rotatable bonds is 6. The number of hydrogen-bond acceptors (Lipinski definition) is 5. The van der Waals surface area contributed by atoms with Crippen LogP contribution in [0.2, 0.25) is 0 Å². The van der Waals surface area contributed by atoms with E-state index in [4.69, 9.17) is 9.72 Å². The standard InChI is InChI=1S/C22H27N5O3/c1-12-17(13(2)23-22-21(12)14(3)26-27(22)5)8-10-20(29)25-18-11-16(24-15(4)28)7-9-19(18)30-6/h7,9,11H,8,10H2,1-6H3,(H,24,28)(H,25,29). The molecule has 3 rings (SSSR count). The van der Waals surface area contributed by atoms with Gasteiger partial charge in [-0.05, 0) is 56.5 Å². The summed E-state index contributed by atoms with van der Waals surface area (Å²) in [6.07, 6.45) is 0.857. The lowest BCUT2D eigenvalue weighted by Gasteiger charge is -2.14. The van der Waals surface area contributed by atoms with Gasteiger partial charge in [-0.15, -0.1) is 0 Å². The van der Waals surface area contributed by atoms with Crippen molar-refractivity contribution in [2.24, 2.45) is 7.05 Å². The summed E-state index contributed by atoms with van der Waals surface area (Å²) < 4.78 is 7.11. The first-order valence-electron chi connectivity index (χ1n) is 9.76. The molecule has 2 N–H and O–H groups in total. The second kappa shape index (κ2) is 8.52. The molecule has 0 bridgehead atoms. The van der Waals surface area contributed by atoms with Crippen LogP contribution in [-0.4, -0.2) is 33.7 Å². The van der Waals surface area contributed by atoms with Gasteiger partial charge >= 0.3 is 0 Å². The summed E-state index contributed by atoms with van der Waals surface area (Å²) in [5.74, 6) is 0.200. The molecule has 0 aliphatic carbocycles. The molecule has 2 aromatic heterocycles. The quantitative estimate of drug-likeness (QED) is 0.650. The maximum Gasteiger partial charge on any atom is 0.224 e. The van der Waals surface area contributed by atoms with Crippen molar-refractivity contribution in [1.29, 1.82) is 0 Å². The molecule has 0 spiro atoms. The van der Waals surface area contributed by atoms with Crippen LogP contribution in [0.1, 0.15) is 35.9 Å². The second-order valence-corrected chi connectivity index (χ2v) is 7.35. The first-order valence-corrected chi connectivity index (χ1v) is 9.76. The van der Waals surface area contributed by atoms with Crippen LogP contribution in [0.15, 0.2) is 18.2 Å². The number of hydrogen-bond donors (Lipinski definition) is 2. The van der Waals surface area contributed by atoms with Gasteiger partial charge in [-0.25, -0.2) is 4.98 Å². The van der Waals surface area contributed by atoms with Gasteiger partial charge in [-0.2, -0.15) is 5.10 Å². The van der Waals surface area contributed by atoms with E-state index in [0.717, 1.165) is 33.5 Å². The predicted octanol–water partition coefficient (Wildman–Crippen LogP) is 3.43. The number of carbonyl (C=O) groups excluding carboxylic acids is 2. The zero-order chi connectivity index (χ0) is 22.0. The number of nitrogens with one attached hydrogen (secondary N) is 2. The Morgan fingerprint density at radius 3 is 2.53 bits per heavy atom. The summed E-state index contributed by atoms with van der Waals surface area (Å²) in [4.78, 5) is 28.6. The Morgan fingerprint density at radius 1 is 1.13 bits per heavy atom. The van der Waals surface area contributed by atoms with Crippen molar-refractivity contribution >= 4 is 34.2 Å². The Labute approximate surface area is 175 Å². The lowest BCUT2D eigenvalue weighted by molar-refractivity contribution is -0.116. The van der Waals surface area contributed by atoms with E-state index < -0.39 is 0 Å². The molecule has 158 valence electrons. The molecule has 0 saturated heterocycles. The van der Waals surface area contributed by atoms with Crippen LogP contribution in [0.5, 0.6) is 5.75 Å². The number of benzene rings is 1. The van der Waals surface area contributed by atoms with E-state index in [2.05, 4.69) is 22.7 Å². The maximum absolute atomic E-state index is 12.7. The molecule has 2 amide bonds. The van der Waals surface area contributed by atoms with E-state index in [0.29, 0.717) is 30.0 Å². The summed E-state index contributed by atoms with van der Waals surface area (Å²) in [6.45, 7) is 7.42. The van der Waals surface area contributed by atoms with Crippen LogP contribution in [0, 0.1) is 20.8 Å². The van der Waals surface area contributed by atoms with Gasteiger partial charge in [-0.3, -0.25) is 14.3 Å². The summed E-state index contributed by atoms with van der Waals surface area (Å²) in [7, 11) is 3.42. The largest absolute Gasteiger partial charge is 0.495 e. The number of amides is 2. The third-order valence-corrected chi connectivity index (χ3v) is 5.13. The molecule has 8 nitrogen and oxygen atoms in total. The van der Waals surface area contributed by atoms with E-state index in [-0.39, 0.29) is 11.8 Å². The molecule has 30 heavy (non-hydrogen) atoms. The maximum atomic E-state index is 12.7. The molecule has 0 aliphatic heterocycles. The Kier molecular flexibility index (Phi) is 6.05. The zero-order valence-electron chi connectivity index (χ0n) is 18.2. The van der Waals surface area contributed by atoms with Gasteiger partial charge in [0.15, 0.2) is 5.65 Å². The van der Waals surface area contributed by atoms with Crippen molar-refractivity contribution in [3.05, 3.63) is 40.7 Å². The Balaban J connectivity index is 1.78. The number of carbonyl (C=O) groups is 2. The molecule has 0 unspecified atom stereocenters. The molecular weight excluding hydrogens is 382 g/mol. The highest BCUT2D eigenvalue weighted by Gasteiger charge is 2.17. The first-order chi connectivity index (χ1) is 14.2. The van der Waals surface area contributed by atoms with E-state index >= 15 is 0 Å². The number of aryl methyl sites for hydroxylation is 4. The molecular formula is C22H27N5O3. The summed E-state index contributed by atoms with van der Waals surface area (Å²) in [5.41, 5.74) is 5.97. The summed E-state index contributed by atoms with van der Waals surface area (Å²) in [6, 6.07) is 5.11. The van der Waals surface area contributed by atoms with Crippen molar-refractivity contribution in [2.75, 3.05) is 17.7 Å². The first kappa shape index (κ1) is 21.3. The fourth-order valence-corrected chi connectivity index (χ4v) is 3.77. The Hall–Kier alpha value is -3.42. The average Bonchev–Trinajstić information content (AvgIpc) is 2.94. The van der Waals surface area contributed by atoms with Crippen LogP contribution in [0.4, 0.5) is 11.4 Å². The Morgan fingerprint density at radius 2 is 1.87 bits per heavy atom. The lowest BCUT2D eigenvalue weighted by atomic mass is 9.99. The van der Waals surface area contributed by atoms with Crippen molar-refractivity contribution in [3.63, 3.8) is 0 Å². The number of anilines is 2. The fourth-order valence-electron chi connectivity index (χ4n) is 3.77. The Bertz CT molecular complexity index is 1130. The van der Waals surface area contributed by atoms with Gasteiger partial charge in [-0.1, -0.05) is 0 Å². The minimum atomic E-state index is -0.183. The number of aromatic nitrogens is 3. The number of methoxy groups -OCH3 is 1. The smallest absolute Gasteiger partial charge is 0.224 e. The average molecular weight is 409 g/mol.